The number of hydrogen-bond donors (Lipinski definition) is 0. The van der Waals surface area contributed by atoms with Crippen molar-refractivity contribution in [2.24, 2.45) is 0 Å². The third kappa shape index (κ3) is 1.72. The maximum Gasteiger partial charge on any atom is 0.105 e. The summed E-state index contributed by atoms with van der Waals surface area (Å²) in [5.41, 5.74) is 0. The predicted molar refractivity (Wildman–Crippen MR) is 39.9 cm³/mol. The summed E-state index contributed by atoms with van der Waals surface area (Å²) in [5.74, 6) is 1.09. The summed E-state index contributed by atoms with van der Waals surface area (Å²) >= 11 is 0. The van der Waals surface area contributed by atoms with E-state index >= 15 is 0 Å². The highest BCUT2D eigenvalue weighted by atomic mass is 35.5. The van der Waals surface area contributed by atoms with E-state index in [1.807, 2.05) is 19.3 Å². The Morgan fingerprint density at radius 3 is 2.56 bits per heavy atom. The van der Waals surface area contributed by atoms with Gasteiger partial charge >= 0.3 is 0 Å². The van der Waals surface area contributed by atoms with Crippen molar-refractivity contribution < 1.29 is 0 Å². The van der Waals surface area contributed by atoms with Crippen LogP contribution in [-0.4, -0.2) is 9.55 Å². The van der Waals surface area contributed by atoms with E-state index in [-0.39, 0.29) is 12.4 Å². The van der Waals surface area contributed by atoms with E-state index in [4.69, 9.17) is 0 Å². The van der Waals surface area contributed by atoms with Gasteiger partial charge in [0.25, 0.3) is 0 Å². The predicted octanol–water partition coefficient (Wildman–Crippen LogP) is 1.63. The molecule has 1 heterocycles. The molecule has 3 heteroatoms. The molecule has 0 atom stereocenters. The molecule has 0 aliphatic rings. The quantitative estimate of drug-likeness (QED) is 0.589. The summed E-state index contributed by atoms with van der Waals surface area (Å²) in [6.07, 6.45) is 3.80. The number of halogens is 1. The van der Waals surface area contributed by atoms with Crippen molar-refractivity contribution in [3.05, 3.63) is 18.2 Å². The zero-order chi connectivity index (χ0) is 5.98. The molecule has 0 saturated heterocycles. The number of nitrogens with zero attached hydrogens (tertiary/aromatic N) is 2. The molecule has 0 radical (unpaired) electrons. The van der Waals surface area contributed by atoms with E-state index < -0.39 is 0 Å². The molecule has 0 unspecified atom stereocenters. The molecular weight excluding hydrogens is 136 g/mol. The molecule has 0 N–H and O–H groups in total. The molecule has 1 aromatic rings. The number of hydrogen-bond acceptors (Lipinski definition) is 1. The molecule has 0 amide bonds. The Bertz CT molecular complexity index is 171. The van der Waals surface area contributed by atoms with Crippen LogP contribution in [0.5, 0.6) is 0 Å². The first-order chi connectivity index (χ1) is 3.84. The second-order valence-electron chi connectivity index (χ2n) is 1.76. The fraction of sp³-hybridized carbons (Fsp3) is 0.500. The summed E-state index contributed by atoms with van der Waals surface area (Å²) in [6, 6.07) is 0. The molecule has 1 aromatic heterocycles. The van der Waals surface area contributed by atoms with Gasteiger partial charge in [-0.15, -0.1) is 12.4 Å². The molecule has 9 heavy (non-hydrogen) atoms. The van der Waals surface area contributed by atoms with Gasteiger partial charge in [0.1, 0.15) is 5.82 Å². The minimum atomic E-state index is 0. The zero-order valence-electron chi connectivity index (χ0n) is 5.66. The highest BCUT2D eigenvalue weighted by molar-refractivity contribution is 5.85. The van der Waals surface area contributed by atoms with Crippen LogP contribution in [0.25, 0.3) is 0 Å². The lowest BCUT2D eigenvalue weighted by atomic mass is 10.6. The Labute approximate surface area is 61.3 Å². The van der Waals surface area contributed by atoms with Gasteiger partial charge < -0.3 is 4.57 Å². The Hall–Kier alpha value is -0.500. The van der Waals surface area contributed by atoms with E-state index in [9.17, 15) is 0 Å². The van der Waals surface area contributed by atoms with Gasteiger partial charge in [0.05, 0.1) is 0 Å². The monoisotopic (exact) mass is 146 g/mol. The van der Waals surface area contributed by atoms with Crippen molar-refractivity contribution >= 4 is 12.4 Å². The average Bonchev–Trinajstić information content (AvgIpc) is 2.14. The SMILES string of the molecule is CCn1ccnc1C.Cl. The van der Waals surface area contributed by atoms with E-state index in [0.717, 1.165) is 12.4 Å². The van der Waals surface area contributed by atoms with Crippen LogP contribution in [0.2, 0.25) is 0 Å². The van der Waals surface area contributed by atoms with Crippen LogP contribution >= 0.6 is 12.4 Å². The van der Waals surface area contributed by atoms with E-state index in [2.05, 4.69) is 16.5 Å². The Kier molecular flexibility index (Phi) is 3.32. The van der Waals surface area contributed by atoms with Gasteiger partial charge in [-0.25, -0.2) is 4.98 Å². The fourth-order valence-electron chi connectivity index (χ4n) is 0.738. The van der Waals surface area contributed by atoms with Gasteiger partial charge in [0.2, 0.25) is 0 Å². The molecule has 0 spiro atoms. The molecule has 52 valence electrons. The third-order valence-corrected chi connectivity index (χ3v) is 1.26. The fourth-order valence-corrected chi connectivity index (χ4v) is 0.738. The van der Waals surface area contributed by atoms with E-state index in [1.165, 1.54) is 0 Å². The van der Waals surface area contributed by atoms with Crippen LogP contribution in [0.3, 0.4) is 0 Å². The summed E-state index contributed by atoms with van der Waals surface area (Å²) in [5, 5.41) is 0. The maximum atomic E-state index is 4.05. The molecule has 0 bridgehead atoms. The van der Waals surface area contributed by atoms with Crippen LogP contribution in [0.4, 0.5) is 0 Å². The molecule has 0 fully saturated rings. The van der Waals surface area contributed by atoms with Gasteiger partial charge in [-0.05, 0) is 13.8 Å². The minimum Gasteiger partial charge on any atom is -0.335 e. The van der Waals surface area contributed by atoms with Crippen molar-refractivity contribution in [1.29, 1.82) is 0 Å². The van der Waals surface area contributed by atoms with Gasteiger partial charge in [0, 0.05) is 18.9 Å². The maximum absolute atomic E-state index is 4.05. The van der Waals surface area contributed by atoms with Crippen LogP contribution in [0.1, 0.15) is 12.7 Å². The Balaban J connectivity index is 0.000000640. The molecule has 1 rings (SSSR count). The summed E-state index contributed by atoms with van der Waals surface area (Å²) < 4.78 is 2.10. The average molecular weight is 147 g/mol. The van der Waals surface area contributed by atoms with Crippen molar-refractivity contribution in [1.82, 2.24) is 9.55 Å². The first-order valence-corrected chi connectivity index (χ1v) is 2.82. The number of aromatic nitrogens is 2. The largest absolute Gasteiger partial charge is 0.335 e. The van der Waals surface area contributed by atoms with Crippen LogP contribution in [0, 0.1) is 6.92 Å². The van der Waals surface area contributed by atoms with Crippen molar-refractivity contribution in [3.8, 4) is 0 Å². The topological polar surface area (TPSA) is 17.8 Å². The highest BCUT2D eigenvalue weighted by Gasteiger charge is 1.88. The lowest BCUT2D eigenvalue weighted by Gasteiger charge is -1.95. The van der Waals surface area contributed by atoms with Gasteiger partial charge in [-0.3, -0.25) is 0 Å². The molecule has 2 nitrogen and oxygen atoms in total. The number of aryl methyl sites for hydroxylation is 2. The molecule has 0 aromatic carbocycles. The normalized spacial score (nSPS) is 8.67. The summed E-state index contributed by atoms with van der Waals surface area (Å²) in [7, 11) is 0. The minimum absolute atomic E-state index is 0. The first kappa shape index (κ1) is 8.50. The van der Waals surface area contributed by atoms with Gasteiger partial charge in [0.15, 0.2) is 0 Å². The van der Waals surface area contributed by atoms with Crippen molar-refractivity contribution in [2.75, 3.05) is 0 Å². The number of rotatable bonds is 1. The number of imidazole rings is 1. The van der Waals surface area contributed by atoms with Crippen LogP contribution in [-0.2, 0) is 6.54 Å². The van der Waals surface area contributed by atoms with Crippen LogP contribution < -0.4 is 0 Å². The van der Waals surface area contributed by atoms with Crippen molar-refractivity contribution in [3.63, 3.8) is 0 Å². The lowest BCUT2D eigenvalue weighted by molar-refractivity contribution is 0.730. The molecule has 0 aliphatic heterocycles. The molecular formula is C6H11ClN2. The molecule has 0 saturated carbocycles. The van der Waals surface area contributed by atoms with Crippen molar-refractivity contribution in [2.45, 2.75) is 20.4 Å². The highest BCUT2D eigenvalue weighted by Crippen LogP contribution is 1.92. The summed E-state index contributed by atoms with van der Waals surface area (Å²) in [4.78, 5) is 4.05. The zero-order valence-corrected chi connectivity index (χ0v) is 6.48. The van der Waals surface area contributed by atoms with Gasteiger partial charge in [-0.2, -0.15) is 0 Å². The Morgan fingerprint density at radius 1 is 1.67 bits per heavy atom. The Morgan fingerprint density at radius 2 is 2.33 bits per heavy atom. The lowest BCUT2D eigenvalue weighted by Crippen LogP contribution is -1.93. The second-order valence-corrected chi connectivity index (χ2v) is 1.76. The van der Waals surface area contributed by atoms with E-state index in [1.54, 1.807) is 0 Å². The molecule has 0 aliphatic carbocycles. The van der Waals surface area contributed by atoms with Gasteiger partial charge in [-0.1, -0.05) is 0 Å². The van der Waals surface area contributed by atoms with Crippen LogP contribution in [0.15, 0.2) is 12.4 Å². The van der Waals surface area contributed by atoms with E-state index in [0.29, 0.717) is 0 Å². The third-order valence-electron chi connectivity index (χ3n) is 1.26. The first-order valence-electron chi connectivity index (χ1n) is 2.82. The smallest absolute Gasteiger partial charge is 0.105 e. The summed E-state index contributed by atoms with van der Waals surface area (Å²) in [6.45, 7) is 5.13. The standard InChI is InChI=1S/C6H10N2.ClH/c1-3-8-5-4-7-6(8)2;/h4-5H,3H2,1-2H3;1H. The second kappa shape index (κ2) is 3.51.